The first-order valence-electron chi connectivity index (χ1n) is 9.34. The van der Waals surface area contributed by atoms with E-state index in [4.69, 9.17) is 14.0 Å². The van der Waals surface area contributed by atoms with Gasteiger partial charge in [0.05, 0.1) is 26.2 Å². The Kier molecular flexibility index (Phi) is 5.24. The predicted octanol–water partition coefficient (Wildman–Crippen LogP) is 2.38. The zero-order chi connectivity index (χ0) is 18.6. The Hall–Kier alpha value is -2.61. The summed E-state index contributed by atoms with van der Waals surface area (Å²) in [5, 5.41) is 4.12. The number of ether oxygens (including phenoxy) is 2. The molecule has 0 N–H and O–H groups in total. The van der Waals surface area contributed by atoms with Crippen molar-refractivity contribution in [3.05, 3.63) is 30.2 Å². The zero-order valence-electron chi connectivity index (χ0n) is 15.5. The second kappa shape index (κ2) is 7.96. The normalized spacial score (nSPS) is 20.6. The van der Waals surface area contributed by atoms with Crippen LogP contribution in [0.15, 0.2) is 28.8 Å². The van der Waals surface area contributed by atoms with Crippen molar-refractivity contribution in [1.29, 1.82) is 0 Å². The predicted molar refractivity (Wildman–Crippen MR) is 97.6 cm³/mol. The van der Waals surface area contributed by atoms with Crippen molar-refractivity contribution in [2.75, 3.05) is 46.5 Å². The summed E-state index contributed by atoms with van der Waals surface area (Å²) < 4.78 is 16.0. The molecule has 2 amide bonds. The first-order valence-corrected chi connectivity index (χ1v) is 9.34. The molecule has 4 rings (SSSR count). The number of hydrogen-bond donors (Lipinski definition) is 0. The molecule has 1 aromatic carbocycles. The van der Waals surface area contributed by atoms with Gasteiger partial charge in [-0.3, -0.25) is 0 Å². The molecule has 3 heterocycles. The number of rotatable bonds is 3. The minimum atomic E-state index is 0.0724. The first-order chi connectivity index (χ1) is 13.2. The van der Waals surface area contributed by atoms with Crippen molar-refractivity contribution < 1.29 is 18.8 Å². The molecule has 2 aliphatic rings. The molecule has 0 radical (unpaired) electrons. The number of amides is 2. The van der Waals surface area contributed by atoms with Crippen LogP contribution < -0.4 is 4.74 Å². The number of aromatic nitrogens is 2. The van der Waals surface area contributed by atoms with E-state index in [1.54, 1.807) is 7.11 Å². The topological polar surface area (TPSA) is 80.9 Å². The van der Waals surface area contributed by atoms with Crippen LogP contribution in [0.1, 0.15) is 24.7 Å². The number of hydrogen-bond acceptors (Lipinski definition) is 6. The van der Waals surface area contributed by atoms with Crippen LogP contribution in [0, 0.1) is 0 Å². The molecule has 0 bridgehead atoms. The van der Waals surface area contributed by atoms with Crippen LogP contribution in [0.25, 0.3) is 11.4 Å². The lowest BCUT2D eigenvalue weighted by atomic mass is 9.98. The lowest BCUT2D eigenvalue weighted by molar-refractivity contribution is 0.0403. The first kappa shape index (κ1) is 17.8. The van der Waals surface area contributed by atoms with Crippen LogP contribution in [0.4, 0.5) is 4.79 Å². The molecule has 1 atom stereocenters. The van der Waals surface area contributed by atoms with E-state index in [1.165, 1.54) is 0 Å². The smallest absolute Gasteiger partial charge is 0.320 e. The number of benzene rings is 1. The number of likely N-dealkylation sites (tertiary alicyclic amines) is 1. The van der Waals surface area contributed by atoms with Gasteiger partial charge in [-0.1, -0.05) is 5.16 Å². The van der Waals surface area contributed by atoms with E-state index in [2.05, 4.69) is 10.1 Å². The van der Waals surface area contributed by atoms with Gasteiger partial charge in [-0.25, -0.2) is 4.79 Å². The third-order valence-corrected chi connectivity index (χ3v) is 5.11. The molecule has 8 nitrogen and oxygen atoms in total. The summed E-state index contributed by atoms with van der Waals surface area (Å²) in [5.41, 5.74) is 0.878. The summed E-state index contributed by atoms with van der Waals surface area (Å²) in [6.07, 6.45) is 1.87. The Balaban J connectivity index is 1.43. The maximum absolute atomic E-state index is 12.7. The Morgan fingerprint density at radius 1 is 1.15 bits per heavy atom. The number of nitrogens with zero attached hydrogens (tertiary/aromatic N) is 4. The molecule has 144 valence electrons. The molecule has 2 aliphatic heterocycles. The van der Waals surface area contributed by atoms with Crippen LogP contribution in [-0.2, 0) is 4.74 Å². The van der Waals surface area contributed by atoms with Gasteiger partial charge in [0.1, 0.15) is 5.75 Å². The third kappa shape index (κ3) is 3.90. The largest absolute Gasteiger partial charge is 0.497 e. The van der Waals surface area contributed by atoms with E-state index >= 15 is 0 Å². The van der Waals surface area contributed by atoms with E-state index < -0.39 is 0 Å². The number of carbonyl (C=O) groups is 1. The van der Waals surface area contributed by atoms with Crippen LogP contribution in [0.3, 0.4) is 0 Å². The highest BCUT2D eigenvalue weighted by Crippen LogP contribution is 2.28. The van der Waals surface area contributed by atoms with Crippen molar-refractivity contribution in [1.82, 2.24) is 19.9 Å². The van der Waals surface area contributed by atoms with E-state index in [9.17, 15) is 4.79 Å². The summed E-state index contributed by atoms with van der Waals surface area (Å²) >= 11 is 0. The van der Waals surface area contributed by atoms with E-state index in [-0.39, 0.29) is 11.9 Å². The molecule has 27 heavy (non-hydrogen) atoms. The standard InChI is InChI=1S/C19H24N4O4/c1-25-16-6-4-14(5-7-16)17-20-18(27-21-17)15-3-2-8-23(13-15)19(24)22-9-11-26-12-10-22/h4-7,15H,2-3,8-13H2,1H3. The Morgan fingerprint density at radius 2 is 1.93 bits per heavy atom. The van der Waals surface area contributed by atoms with Crippen molar-refractivity contribution in [3.8, 4) is 17.1 Å². The molecule has 1 unspecified atom stereocenters. The van der Waals surface area contributed by atoms with Crippen LogP contribution in [0.2, 0.25) is 0 Å². The van der Waals surface area contributed by atoms with Gasteiger partial charge in [0.2, 0.25) is 11.7 Å². The fraction of sp³-hybridized carbons (Fsp3) is 0.526. The van der Waals surface area contributed by atoms with E-state index in [0.717, 1.165) is 30.7 Å². The number of carbonyl (C=O) groups excluding carboxylic acids is 1. The Bertz CT molecular complexity index is 770. The van der Waals surface area contributed by atoms with Crippen molar-refractivity contribution in [2.45, 2.75) is 18.8 Å². The molecule has 0 spiro atoms. The number of piperidine rings is 1. The van der Waals surface area contributed by atoms with E-state index in [1.807, 2.05) is 34.1 Å². The highest BCUT2D eigenvalue weighted by molar-refractivity contribution is 5.74. The molecule has 2 fully saturated rings. The van der Waals surface area contributed by atoms with Crippen LogP contribution in [0.5, 0.6) is 5.75 Å². The van der Waals surface area contributed by atoms with Crippen molar-refractivity contribution >= 4 is 6.03 Å². The summed E-state index contributed by atoms with van der Waals surface area (Å²) in [6.45, 7) is 3.91. The molecular weight excluding hydrogens is 348 g/mol. The average Bonchev–Trinajstić information content (AvgIpc) is 3.24. The van der Waals surface area contributed by atoms with Crippen LogP contribution in [-0.4, -0.2) is 72.5 Å². The molecule has 2 saturated heterocycles. The monoisotopic (exact) mass is 372 g/mol. The van der Waals surface area contributed by atoms with Gasteiger partial charge in [-0.15, -0.1) is 0 Å². The highest BCUT2D eigenvalue weighted by atomic mass is 16.5. The van der Waals surface area contributed by atoms with E-state index in [0.29, 0.717) is 44.6 Å². The Labute approximate surface area is 158 Å². The molecule has 1 aromatic heterocycles. The number of urea groups is 1. The van der Waals surface area contributed by atoms with Gasteiger partial charge in [-0.2, -0.15) is 4.98 Å². The molecule has 0 saturated carbocycles. The van der Waals surface area contributed by atoms with Crippen molar-refractivity contribution in [2.24, 2.45) is 0 Å². The summed E-state index contributed by atoms with van der Waals surface area (Å²) in [7, 11) is 1.63. The molecule has 8 heteroatoms. The summed E-state index contributed by atoms with van der Waals surface area (Å²) in [4.78, 5) is 21.1. The minimum Gasteiger partial charge on any atom is -0.497 e. The molecule has 0 aliphatic carbocycles. The van der Waals surface area contributed by atoms with Gasteiger partial charge in [0.25, 0.3) is 0 Å². The second-order valence-electron chi connectivity index (χ2n) is 6.85. The molecule has 2 aromatic rings. The van der Waals surface area contributed by atoms with Gasteiger partial charge in [0.15, 0.2) is 0 Å². The van der Waals surface area contributed by atoms with Gasteiger partial charge in [0, 0.05) is 31.7 Å². The maximum atomic E-state index is 12.7. The zero-order valence-corrected chi connectivity index (χ0v) is 15.5. The van der Waals surface area contributed by atoms with Gasteiger partial charge in [-0.05, 0) is 37.1 Å². The lowest BCUT2D eigenvalue weighted by Gasteiger charge is -2.36. The number of methoxy groups -OCH3 is 1. The SMILES string of the molecule is COc1ccc(-c2noc(C3CCCN(C(=O)N4CCOCC4)C3)n2)cc1. The van der Waals surface area contributed by atoms with Gasteiger partial charge < -0.3 is 23.8 Å². The Morgan fingerprint density at radius 3 is 2.67 bits per heavy atom. The summed E-state index contributed by atoms with van der Waals surface area (Å²) in [5.74, 6) is 2.01. The summed E-state index contributed by atoms with van der Waals surface area (Å²) in [6, 6.07) is 7.63. The number of morpholine rings is 1. The second-order valence-corrected chi connectivity index (χ2v) is 6.85. The minimum absolute atomic E-state index is 0.0724. The third-order valence-electron chi connectivity index (χ3n) is 5.11. The lowest BCUT2D eigenvalue weighted by Crippen LogP contribution is -2.50. The quantitative estimate of drug-likeness (QED) is 0.823. The highest BCUT2D eigenvalue weighted by Gasteiger charge is 2.31. The van der Waals surface area contributed by atoms with Crippen LogP contribution >= 0.6 is 0 Å². The van der Waals surface area contributed by atoms with Crippen molar-refractivity contribution in [3.63, 3.8) is 0 Å². The maximum Gasteiger partial charge on any atom is 0.320 e. The fourth-order valence-electron chi connectivity index (χ4n) is 3.57. The molecular formula is C19H24N4O4. The average molecular weight is 372 g/mol. The fourth-order valence-corrected chi connectivity index (χ4v) is 3.57. The van der Waals surface area contributed by atoms with Gasteiger partial charge >= 0.3 is 6.03 Å².